The minimum Gasteiger partial charge on any atom is -0.497 e. The summed E-state index contributed by atoms with van der Waals surface area (Å²) in [6.45, 7) is 2.14. The molecule has 0 aliphatic heterocycles. The van der Waals surface area contributed by atoms with Gasteiger partial charge in [-0.05, 0) is 55.5 Å². The van der Waals surface area contributed by atoms with E-state index >= 15 is 0 Å². The zero-order valence-electron chi connectivity index (χ0n) is 17.6. The third-order valence-electron chi connectivity index (χ3n) is 4.51. The Hall–Kier alpha value is -3.23. The molecule has 0 atom stereocenters. The maximum absolute atomic E-state index is 13.2. The van der Waals surface area contributed by atoms with Crippen molar-refractivity contribution in [3.05, 3.63) is 71.8 Å². The van der Waals surface area contributed by atoms with Gasteiger partial charge in [0.05, 0.1) is 41.6 Å². The summed E-state index contributed by atoms with van der Waals surface area (Å²) in [7, 11) is -2.45. The number of halogens is 1. The number of carbonyl (C=O) groups excluding carboxylic acids is 1. The second kappa shape index (κ2) is 10.4. The Kier molecular flexibility index (Phi) is 7.61. The lowest BCUT2D eigenvalue weighted by molar-refractivity contribution is -0.114. The van der Waals surface area contributed by atoms with Crippen molar-refractivity contribution in [3.8, 4) is 11.5 Å². The lowest BCUT2D eigenvalue weighted by Crippen LogP contribution is -2.23. The number of ether oxygens (including phenoxy) is 2. The smallest absolute Gasteiger partial charge is 0.243 e. The number of carbonyl (C=O) groups is 1. The SMILES string of the molecule is CCOc1ccccc1NC(=O)CNc1cccc(Cl)c1S(=O)(=O)c1ccc(OC)cc1. The molecule has 1 amide bonds. The molecule has 3 rings (SSSR count). The van der Waals surface area contributed by atoms with E-state index in [-0.39, 0.29) is 33.0 Å². The van der Waals surface area contributed by atoms with E-state index in [2.05, 4.69) is 10.6 Å². The van der Waals surface area contributed by atoms with Crippen LogP contribution >= 0.6 is 11.6 Å². The lowest BCUT2D eigenvalue weighted by Gasteiger charge is -2.15. The molecule has 3 aromatic rings. The van der Waals surface area contributed by atoms with E-state index in [0.29, 0.717) is 23.8 Å². The van der Waals surface area contributed by atoms with Crippen LogP contribution in [0.1, 0.15) is 6.92 Å². The van der Waals surface area contributed by atoms with Crippen molar-refractivity contribution in [3.63, 3.8) is 0 Å². The highest BCUT2D eigenvalue weighted by Gasteiger charge is 2.25. The van der Waals surface area contributed by atoms with Gasteiger partial charge in [0.1, 0.15) is 16.4 Å². The average molecular weight is 475 g/mol. The Balaban J connectivity index is 1.81. The van der Waals surface area contributed by atoms with Gasteiger partial charge in [0.25, 0.3) is 0 Å². The standard InChI is InChI=1S/C23H23ClN2O5S/c1-3-31-21-10-5-4-8-19(21)26-22(27)15-25-20-9-6-7-18(24)23(20)32(28,29)17-13-11-16(30-2)12-14-17/h4-14,25H,3,15H2,1-2H3,(H,26,27). The Labute approximate surface area is 192 Å². The first-order valence-corrected chi connectivity index (χ1v) is 11.7. The van der Waals surface area contributed by atoms with Crippen LogP contribution in [-0.2, 0) is 14.6 Å². The predicted molar refractivity (Wildman–Crippen MR) is 125 cm³/mol. The zero-order chi connectivity index (χ0) is 23.1. The maximum Gasteiger partial charge on any atom is 0.243 e. The van der Waals surface area contributed by atoms with Crippen molar-refractivity contribution in [2.45, 2.75) is 16.7 Å². The van der Waals surface area contributed by atoms with Crippen LogP contribution < -0.4 is 20.1 Å². The summed E-state index contributed by atoms with van der Waals surface area (Å²) >= 11 is 6.26. The molecule has 32 heavy (non-hydrogen) atoms. The van der Waals surface area contributed by atoms with Crippen LogP contribution in [0.2, 0.25) is 5.02 Å². The molecule has 0 heterocycles. The molecule has 0 spiro atoms. The monoisotopic (exact) mass is 474 g/mol. The summed E-state index contributed by atoms with van der Waals surface area (Å²) in [6, 6.07) is 17.7. The van der Waals surface area contributed by atoms with E-state index in [9.17, 15) is 13.2 Å². The molecule has 0 aromatic heterocycles. The van der Waals surface area contributed by atoms with Gasteiger partial charge in [-0.15, -0.1) is 0 Å². The van der Waals surface area contributed by atoms with Gasteiger partial charge in [-0.25, -0.2) is 8.42 Å². The first-order valence-electron chi connectivity index (χ1n) is 9.80. The van der Waals surface area contributed by atoms with Gasteiger partial charge in [-0.1, -0.05) is 29.8 Å². The zero-order valence-corrected chi connectivity index (χ0v) is 19.2. The summed E-state index contributed by atoms with van der Waals surface area (Å²) in [5.74, 6) is 0.712. The van der Waals surface area contributed by atoms with E-state index in [1.165, 1.54) is 25.3 Å². The van der Waals surface area contributed by atoms with Crippen molar-refractivity contribution < 1.29 is 22.7 Å². The van der Waals surface area contributed by atoms with Crippen LogP contribution in [0.25, 0.3) is 0 Å². The molecule has 2 N–H and O–H groups in total. The summed E-state index contributed by atoms with van der Waals surface area (Å²) in [5.41, 5.74) is 0.750. The summed E-state index contributed by atoms with van der Waals surface area (Å²) in [5, 5.41) is 5.69. The Morgan fingerprint density at radius 3 is 2.34 bits per heavy atom. The highest BCUT2D eigenvalue weighted by Crippen LogP contribution is 2.34. The molecule has 3 aromatic carbocycles. The summed E-state index contributed by atoms with van der Waals surface area (Å²) in [4.78, 5) is 12.5. The highest BCUT2D eigenvalue weighted by molar-refractivity contribution is 7.91. The topological polar surface area (TPSA) is 93.7 Å². The van der Waals surface area contributed by atoms with Crippen LogP contribution in [0.15, 0.2) is 76.5 Å². The molecule has 7 nitrogen and oxygen atoms in total. The first-order chi connectivity index (χ1) is 15.4. The van der Waals surface area contributed by atoms with E-state index in [1.54, 1.807) is 48.5 Å². The van der Waals surface area contributed by atoms with Gasteiger partial charge in [-0.2, -0.15) is 0 Å². The number of benzene rings is 3. The van der Waals surface area contributed by atoms with Crippen LogP contribution in [0, 0.1) is 0 Å². The molecule has 0 aliphatic carbocycles. The number of rotatable bonds is 9. The van der Waals surface area contributed by atoms with E-state index in [4.69, 9.17) is 21.1 Å². The molecule has 0 bridgehead atoms. The second-order valence-electron chi connectivity index (χ2n) is 6.63. The number of nitrogens with one attached hydrogen (secondary N) is 2. The third-order valence-corrected chi connectivity index (χ3v) is 6.80. The number of anilines is 2. The average Bonchev–Trinajstić information content (AvgIpc) is 2.79. The lowest BCUT2D eigenvalue weighted by atomic mass is 10.3. The van der Waals surface area contributed by atoms with Crippen LogP contribution in [0.3, 0.4) is 0 Å². The minimum atomic E-state index is -3.95. The number of hydrogen-bond donors (Lipinski definition) is 2. The highest BCUT2D eigenvalue weighted by atomic mass is 35.5. The first kappa shape index (κ1) is 23.4. The molecule has 9 heteroatoms. The number of para-hydroxylation sites is 2. The normalized spacial score (nSPS) is 11.0. The van der Waals surface area contributed by atoms with E-state index in [0.717, 1.165) is 0 Å². The van der Waals surface area contributed by atoms with Crippen molar-refractivity contribution in [1.82, 2.24) is 0 Å². The van der Waals surface area contributed by atoms with Crippen molar-refractivity contribution in [2.75, 3.05) is 30.9 Å². The van der Waals surface area contributed by atoms with Crippen molar-refractivity contribution in [2.24, 2.45) is 0 Å². The van der Waals surface area contributed by atoms with Gasteiger partial charge in [-0.3, -0.25) is 4.79 Å². The maximum atomic E-state index is 13.2. The van der Waals surface area contributed by atoms with E-state index < -0.39 is 9.84 Å². The Morgan fingerprint density at radius 2 is 1.66 bits per heavy atom. The molecule has 0 unspecified atom stereocenters. The van der Waals surface area contributed by atoms with Crippen LogP contribution in [0.5, 0.6) is 11.5 Å². The number of methoxy groups -OCH3 is 1. The summed E-state index contributed by atoms with van der Waals surface area (Å²) < 4.78 is 37.1. The van der Waals surface area contributed by atoms with Gasteiger partial charge >= 0.3 is 0 Å². The number of sulfone groups is 1. The van der Waals surface area contributed by atoms with E-state index in [1.807, 2.05) is 6.92 Å². The fourth-order valence-electron chi connectivity index (χ4n) is 3.02. The molecular weight excluding hydrogens is 452 g/mol. The number of amides is 1. The Morgan fingerprint density at radius 1 is 0.969 bits per heavy atom. The molecular formula is C23H23ClN2O5S. The molecule has 0 radical (unpaired) electrons. The van der Waals surface area contributed by atoms with Gasteiger partial charge in [0.15, 0.2) is 0 Å². The third kappa shape index (κ3) is 5.33. The van der Waals surface area contributed by atoms with Gasteiger partial charge in [0.2, 0.25) is 15.7 Å². The molecule has 0 saturated carbocycles. The minimum absolute atomic E-state index is 0.0490. The fraction of sp³-hybridized carbons (Fsp3) is 0.174. The van der Waals surface area contributed by atoms with Crippen LogP contribution in [0.4, 0.5) is 11.4 Å². The number of hydrogen-bond acceptors (Lipinski definition) is 6. The quantitative estimate of drug-likeness (QED) is 0.469. The fourth-order valence-corrected chi connectivity index (χ4v) is 4.98. The van der Waals surface area contributed by atoms with Gasteiger partial charge in [0, 0.05) is 0 Å². The molecule has 168 valence electrons. The predicted octanol–water partition coefficient (Wildman–Crippen LogP) is 4.63. The van der Waals surface area contributed by atoms with Gasteiger partial charge < -0.3 is 20.1 Å². The largest absolute Gasteiger partial charge is 0.497 e. The van der Waals surface area contributed by atoms with Crippen molar-refractivity contribution in [1.29, 1.82) is 0 Å². The molecule has 0 aliphatic rings. The Bertz CT molecular complexity index is 1200. The molecule has 0 fully saturated rings. The molecule has 0 saturated heterocycles. The second-order valence-corrected chi connectivity index (χ2v) is 8.92. The van der Waals surface area contributed by atoms with Crippen molar-refractivity contribution >= 4 is 38.7 Å². The summed E-state index contributed by atoms with van der Waals surface area (Å²) in [6.07, 6.45) is 0. The van der Waals surface area contributed by atoms with Crippen LogP contribution in [-0.4, -0.2) is 34.6 Å².